The molecule has 0 amide bonds. The maximum absolute atomic E-state index is 6.06. The molecule has 2 aliphatic heterocycles. The third kappa shape index (κ3) is 4.93. The average molecular weight is 467 g/mol. The van der Waals surface area contributed by atoms with Crippen molar-refractivity contribution in [2.75, 3.05) is 6.54 Å². The Balaban J connectivity index is 1.68. The van der Waals surface area contributed by atoms with Crippen molar-refractivity contribution in [3.63, 3.8) is 0 Å². The summed E-state index contributed by atoms with van der Waals surface area (Å²) in [7, 11) is 1.99. The van der Waals surface area contributed by atoms with Gasteiger partial charge in [0, 0.05) is 30.7 Å². The summed E-state index contributed by atoms with van der Waals surface area (Å²) in [5.74, 6) is 0.907. The minimum absolute atomic E-state index is 0.121. The minimum atomic E-state index is -0.121. The molecule has 2 aromatic heterocycles. The summed E-state index contributed by atoms with van der Waals surface area (Å²) in [6.07, 6.45) is 12.6. The summed E-state index contributed by atoms with van der Waals surface area (Å²) in [5, 5.41) is 1.56. The van der Waals surface area contributed by atoms with Crippen molar-refractivity contribution in [1.82, 2.24) is 20.0 Å². The molecule has 2 unspecified atom stereocenters. The molecular weight excluding hydrogens is 444 g/mol. The molecule has 0 bridgehead atoms. The second-order valence-electron chi connectivity index (χ2n) is 7.18. The van der Waals surface area contributed by atoms with Gasteiger partial charge < -0.3 is 9.40 Å². The Hall–Kier alpha value is -2.94. The van der Waals surface area contributed by atoms with E-state index in [0.717, 1.165) is 32.9 Å². The van der Waals surface area contributed by atoms with Crippen molar-refractivity contribution in [3.05, 3.63) is 77.0 Å². The van der Waals surface area contributed by atoms with Crippen LogP contribution in [0.4, 0.5) is 0 Å². The van der Waals surface area contributed by atoms with Crippen molar-refractivity contribution in [1.29, 1.82) is 0 Å². The van der Waals surface area contributed by atoms with E-state index in [1.165, 1.54) is 6.40 Å². The number of nitrogens with zero attached hydrogens (tertiary/aromatic N) is 5. The number of allylic oxidation sites excluding steroid dienone is 6. The van der Waals surface area contributed by atoms with Gasteiger partial charge in [0.05, 0.1) is 5.71 Å². The molecule has 7 nitrogen and oxygen atoms in total. The van der Waals surface area contributed by atoms with Gasteiger partial charge in [-0.2, -0.15) is 0 Å². The van der Waals surface area contributed by atoms with Crippen LogP contribution in [0.15, 0.2) is 86.3 Å². The highest BCUT2D eigenvalue weighted by molar-refractivity contribution is 8.03. The molecule has 164 valence electrons. The summed E-state index contributed by atoms with van der Waals surface area (Å²) in [6.45, 7) is 6.31. The van der Waals surface area contributed by atoms with E-state index in [-0.39, 0.29) is 12.1 Å². The maximum Gasteiger partial charge on any atom is 0.198 e. The Kier molecular flexibility index (Phi) is 7.04. The molecule has 0 fully saturated rings. The van der Waals surface area contributed by atoms with Crippen molar-refractivity contribution >= 4 is 35.5 Å². The molecule has 1 N–H and O–H groups in total. The number of hydrogen-bond donors (Lipinski definition) is 1. The SMILES string of the molecule is C=C/C(Cl)=C\C=C(/C)Sc1c(C2=NCC(C3N=CON3)C=C2)nc(-c2ccccn2)n1C. The van der Waals surface area contributed by atoms with Gasteiger partial charge in [0.1, 0.15) is 22.6 Å². The van der Waals surface area contributed by atoms with Crippen LogP contribution in [0.5, 0.6) is 0 Å². The molecule has 2 aliphatic rings. The highest BCUT2D eigenvalue weighted by Crippen LogP contribution is 2.34. The molecule has 32 heavy (non-hydrogen) atoms. The number of hydroxylamine groups is 1. The fourth-order valence-corrected chi connectivity index (χ4v) is 4.23. The van der Waals surface area contributed by atoms with Crippen LogP contribution in [0.25, 0.3) is 11.5 Å². The highest BCUT2D eigenvalue weighted by Gasteiger charge is 2.26. The van der Waals surface area contributed by atoms with Gasteiger partial charge in [0.2, 0.25) is 0 Å². The number of aromatic nitrogens is 3. The van der Waals surface area contributed by atoms with E-state index in [9.17, 15) is 0 Å². The predicted molar refractivity (Wildman–Crippen MR) is 131 cm³/mol. The van der Waals surface area contributed by atoms with Crippen LogP contribution in [0, 0.1) is 5.92 Å². The number of hydrogen-bond acceptors (Lipinski definition) is 7. The molecule has 2 atom stereocenters. The highest BCUT2D eigenvalue weighted by atomic mass is 35.5. The van der Waals surface area contributed by atoms with Crippen molar-refractivity contribution in [2.24, 2.45) is 23.0 Å². The Bertz CT molecular complexity index is 1150. The number of pyridine rings is 1. The first kappa shape index (κ1) is 22.3. The number of nitrogens with one attached hydrogen (secondary N) is 1. The molecule has 9 heteroatoms. The van der Waals surface area contributed by atoms with E-state index >= 15 is 0 Å². The van der Waals surface area contributed by atoms with Crippen LogP contribution in [0.2, 0.25) is 0 Å². The third-order valence-corrected chi connectivity index (χ3v) is 6.35. The summed E-state index contributed by atoms with van der Waals surface area (Å²) in [4.78, 5) is 24.6. The first-order valence-corrected chi connectivity index (χ1v) is 11.2. The van der Waals surface area contributed by atoms with Gasteiger partial charge in [-0.05, 0) is 36.1 Å². The number of rotatable bonds is 7. The lowest BCUT2D eigenvalue weighted by Gasteiger charge is -2.18. The van der Waals surface area contributed by atoms with Crippen LogP contribution >= 0.6 is 23.4 Å². The summed E-state index contributed by atoms with van der Waals surface area (Å²) in [6, 6.07) is 5.80. The Morgan fingerprint density at radius 2 is 2.25 bits per heavy atom. The fraction of sp³-hybridized carbons (Fsp3) is 0.217. The Morgan fingerprint density at radius 3 is 2.91 bits per heavy atom. The quantitative estimate of drug-likeness (QED) is 0.474. The van der Waals surface area contributed by atoms with Crippen LogP contribution in [-0.4, -0.2) is 39.4 Å². The Labute approximate surface area is 196 Å². The molecule has 4 heterocycles. The standard InChI is InChI=1S/C23H23ClN6OS/c1-4-17(24)10-8-15(2)32-23-20(28-22(30(23)3)19-7-5-6-12-25-19)18-11-9-16(13-26-18)21-27-14-31-29-21/h4-12,14,16,21,29H,1,13H2,2-3H3/b15-8+,17-10+. The fourth-order valence-electron chi connectivity index (χ4n) is 3.26. The van der Waals surface area contributed by atoms with E-state index in [1.807, 2.05) is 50.4 Å². The van der Waals surface area contributed by atoms with E-state index in [4.69, 9.17) is 26.4 Å². The first-order chi connectivity index (χ1) is 15.6. The normalized spacial score (nSPS) is 20.9. The maximum atomic E-state index is 6.06. The lowest BCUT2D eigenvalue weighted by Crippen LogP contribution is -2.32. The van der Waals surface area contributed by atoms with Gasteiger partial charge in [-0.1, -0.05) is 54.2 Å². The zero-order valence-corrected chi connectivity index (χ0v) is 19.3. The second kappa shape index (κ2) is 10.1. The number of halogens is 1. The smallest absolute Gasteiger partial charge is 0.198 e. The zero-order chi connectivity index (χ0) is 22.5. The Morgan fingerprint density at radius 1 is 1.38 bits per heavy atom. The van der Waals surface area contributed by atoms with Crippen molar-refractivity contribution in [3.8, 4) is 11.5 Å². The van der Waals surface area contributed by atoms with Crippen LogP contribution in [-0.2, 0) is 11.9 Å². The van der Waals surface area contributed by atoms with Gasteiger partial charge >= 0.3 is 0 Å². The predicted octanol–water partition coefficient (Wildman–Crippen LogP) is 4.65. The molecule has 0 aromatic carbocycles. The number of imidazole rings is 1. The van der Waals surface area contributed by atoms with E-state index in [2.05, 4.69) is 32.7 Å². The zero-order valence-electron chi connectivity index (χ0n) is 17.8. The summed E-state index contributed by atoms with van der Waals surface area (Å²) >= 11 is 7.67. The topological polar surface area (TPSA) is 76.7 Å². The molecule has 0 saturated carbocycles. The van der Waals surface area contributed by atoms with Crippen molar-refractivity contribution < 1.29 is 4.84 Å². The van der Waals surface area contributed by atoms with Crippen LogP contribution in [0.3, 0.4) is 0 Å². The first-order valence-electron chi connectivity index (χ1n) is 10.0. The van der Waals surface area contributed by atoms with E-state index < -0.39 is 0 Å². The molecule has 0 radical (unpaired) electrons. The number of thioether (sulfide) groups is 1. The molecule has 0 aliphatic carbocycles. The van der Waals surface area contributed by atoms with Crippen LogP contribution in [0.1, 0.15) is 12.6 Å². The van der Waals surface area contributed by atoms with E-state index in [0.29, 0.717) is 11.6 Å². The third-order valence-electron chi connectivity index (χ3n) is 4.95. The van der Waals surface area contributed by atoms with Gasteiger partial charge in [0.15, 0.2) is 12.2 Å². The van der Waals surface area contributed by atoms with Gasteiger partial charge in [0.25, 0.3) is 0 Å². The molecule has 0 spiro atoms. The summed E-state index contributed by atoms with van der Waals surface area (Å²) in [5.41, 5.74) is 5.33. The molecule has 2 aromatic rings. The number of aliphatic imine (C=N–C) groups is 2. The van der Waals surface area contributed by atoms with E-state index in [1.54, 1.807) is 24.0 Å². The molecule has 4 rings (SSSR count). The van der Waals surface area contributed by atoms with Gasteiger partial charge in [-0.3, -0.25) is 9.98 Å². The average Bonchev–Trinajstić information content (AvgIpc) is 3.47. The second-order valence-corrected chi connectivity index (χ2v) is 8.85. The largest absolute Gasteiger partial charge is 0.395 e. The van der Waals surface area contributed by atoms with Gasteiger partial charge in [-0.25, -0.2) is 9.98 Å². The van der Waals surface area contributed by atoms with Crippen molar-refractivity contribution in [2.45, 2.75) is 18.1 Å². The minimum Gasteiger partial charge on any atom is -0.395 e. The van der Waals surface area contributed by atoms with Crippen LogP contribution < -0.4 is 5.48 Å². The molecule has 0 saturated heterocycles. The lowest BCUT2D eigenvalue weighted by atomic mass is 10.0. The van der Waals surface area contributed by atoms with Gasteiger partial charge in [-0.15, -0.1) is 5.48 Å². The summed E-state index contributed by atoms with van der Waals surface area (Å²) < 4.78 is 2.05. The monoisotopic (exact) mass is 466 g/mol. The molecular formula is C23H23ClN6OS. The number of dihydropyridines is 1. The lowest BCUT2D eigenvalue weighted by molar-refractivity contribution is 0.169.